The summed E-state index contributed by atoms with van der Waals surface area (Å²) < 4.78 is 27.1. The Labute approximate surface area is 133 Å². The van der Waals surface area contributed by atoms with Crippen LogP contribution in [-0.2, 0) is 22.3 Å². The fraction of sp³-hybridized carbons (Fsp3) is 0.625. The van der Waals surface area contributed by atoms with E-state index in [4.69, 9.17) is 11.6 Å². The molecule has 2 rings (SSSR count). The Balaban J connectivity index is 2.28. The quantitative estimate of drug-likeness (QED) is 0.773. The number of nitrogens with zero attached hydrogens (tertiary/aromatic N) is 1. The van der Waals surface area contributed by atoms with Gasteiger partial charge in [0.15, 0.2) is 0 Å². The first-order valence-corrected chi connectivity index (χ1v) is 9.55. The zero-order chi connectivity index (χ0) is 15.6. The highest BCUT2D eigenvalue weighted by Gasteiger charge is 2.33. The molecule has 1 aromatic rings. The second kappa shape index (κ2) is 6.67. The summed E-state index contributed by atoms with van der Waals surface area (Å²) in [5.74, 6) is 1.33. The number of sulfonamides is 1. The van der Waals surface area contributed by atoms with Gasteiger partial charge in [0, 0.05) is 19.0 Å². The molecule has 5 heteroatoms. The Bertz CT molecular complexity index is 598. The molecule has 118 valence electrons. The molecule has 1 unspecified atom stereocenters. The zero-order valence-corrected chi connectivity index (χ0v) is 14.5. The van der Waals surface area contributed by atoms with Crippen molar-refractivity contribution in [3.05, 3.63) is 29.3 Å². The van der Waals surface area contributed by atoms with Gasteiger partial charge in [0.2, 0.25) is 10.0 Å². The fourth-order valence-electron chi connectivity index (χ4n) is 2.90. The highest BCUT2D eigenvalue weighted by molar-refractivity contribution is 7.89. The zero-order valence-electron chi connectivity index (χ0n) is 13.0. The molecule has 0 spiro atoms. The molecule has 0 saturated carbocycles. The van der Waals surface area contributed by atoms with Crippen LogP contribution < -0.4 is 0 Å². The maximum atomic E-state index is 12.8. The average molecular weight is 330 g/mol. The smallest absolute Gasteiger partial charge is 0.207 e. The molecule has 0 bridgehead atoms. The summed E-state index contributed by atoms with van der Waals surface area (Å²) in [5.41, 5.74) is 2.03. The molecule has 21 heavy (non-hydrogen) atoms. The molecule has 0 amide bonds. The number of alkyl halides is 1. The lowest BCUT2D eigenvalue weighted by Gasteiger charge is -2.19. The molecule has 0 N–H and O–H groups in total. The molecular weight excluding hydrogens is 306 g/mol. The van der Waals surface area contributed by atoms with Gasteiger partial charge in [-0.2, -0.15) is 4.31 Å². The van der Waals surface area contributed by atoms with Gasteiger partial charge in [-0.1, -0.05) is 26.8 Å². The average Bonchev–Trinajstić information content (AvgIpc) is 2.97. The predicted octanol–water partition coefficient (Wildman–Crippen LogP) is 3.65. The molecule has 3 nitrogen and oxygen atoms in total. The molecule has 1 atom stereocenters. The Hall–Kier alpha value is -0.580. The Kier molecular flexibility index (Phi) is 5.33. The van der Waals surface area contributed by atoms with Crippen molar-refractivity contribution in [1.82, 2.24) is 4.31 Å². The van der Waals surface area contributed by atoms with Crippen LogP contribution in [-0.4, -0.2) is 25.8 Å². The van der Waals surface area contributed by atoms with E-state index in [-0.39, 0.29) is 0 Å². The third-order valence-electron chi connectivity index (χ3n) is 4.47. The monoisotopic (exact) mass is 329 g/mol. The van der Waals surface area contributed by atoms with Gasteiger partial charge in [-0.05, 0) is 47.9 Å². The summed E-state index contributed by atoms with van der Waals surface area (Å²) in [6, 6.07) is 5.34. The number of aryl methyl sites for hydroxylation is 1. The number of hydrogen-bond donors (Lipinski definition) is 0. The highest BCUT2D eigenvalue weighted by Crippen LogP contribution is 2.29. The van der Waals surface area contributed by atoms with E-state index < -0.39 is 10.0 Å². The van der Waals surface area contributed by atoms with Crippen molar-refractivity contribution >= 4 is 21.6 Å². The minimum absolute atomic E-state index is 0.348. The molecule has 1 fully saturated rings. The Morgan fingerprint density at radius 3 is 2.57 bits per heavy atom. The Morgan fingerprint density at radius 1 is 1.33 bits per heavy atom. The summed E-state index contributed by atoms with van der Waals surface area (Å²) in [7, 11) is -3.39. The van der Waals surface area contributed by atoms with Gasteiger partial charge in [0.25, 0.3) is 0 Å². The first-order valence-electron chi connectivity index (χ1n) is 7.58. The summed E-state index contributed by atoms with van der Waals surface area (Å²) in [4.78, 5) is 0.375. The SMILES string of the molecule is CCc1ccc(S(=O)(=O)N2CCC(C(C)C)C2)cc1CCl. The first kappa shape index (κ1) is 16.8. The minimum Gasteiger partial charge on any atom is -0.207 e. The molecule has 1 saturated heterocycles. The third-order valence-corrected chi connectivity index (χ3v) is 6.62. The third kappa shape index (κ3) is 3.43. The topological polar surface area (TPSA) is 37.4 Å². The molecule has 1 aliphatic heterocycles. The molecule has 1 aliphatic rings. The number of benzene rings is 1. The van der Waals surface area contributed by atoms with Crippen LogP contribution in [0.2, 0.25) is 0 Å². The molecule has 0 aromatic heterocycles. The van der Waals surface area contributed by atoms with Gasteiger partial charge in [-0.3, -0.25) is 0 Å². The highest BCUT2D eigenvalue weighted by atomic mass is 35.5. The molecule has 1 aromatic carbocycles. The van der Waals surface area contributed by atoms with Crippen molar-refractivity contribution in [2.45, 2.75) is 44.4 Å². The molecule has 0 aliphatic carbocycles. The van der Waals surface area contributed by atoms with Crippen LogP contribution in [0, 0.1) is 11.8 Å². The largest absolute Gasteiger partial charge is 0.243 e. The van der Waals surface area contributed by atoms with E-state index in [1.807, 2.05) is 13.0 Å². The molecular formula is C16H24ClNO2S. The van der Waals surface area contributed by atoms with E-state index in [1.54, 1.807) is 16.4 Å². The van der Waals surface area contributed by atoms with E-state index in [2.05, 4.69) is 13.8 Å². The van der Waals surface area contributed by atoms with Gasteiger partial charge in [-0.15, -0.1) is 11.6 Å². The van der Waals surface area contributed by atoms with E-state index in [1.165, 1.54) is 0 Å². The van der Waals surface area contributed by atoms with Gasteiger partial charge in [0.05, 0.1) is 4.90 Å². The lowest BCUT2D eigenvalue weighted by molar-refractivity contribution is 0.388. The van der Waals surface area contributed by atoms with Crippen molar-refractivity contribution in [2.75, 3.05) is 13.1 Å². The van der Waals surface area contributed by atoms with Gasteiger partial charge < -0.3 is 0 Å². The van der Waals surface area contributed by atoms with Crippen molar-refractivity contribution in [3.8, 4) is 0 Å². The van der Waals surface area contributed by atoms with E-state index in [0.29, 0.717) is 35.7 Å². The Morgan fingerprint density at radius 2 is 2.05 bits per heavy atom. The van der Waals surface area contributed by atoms with Crippen molar-refractivity contribution in [3.63, 3.8) is 0 Å². The minimum atomic E-state index is -3.39. The van der Waals surface area contributed by atoms with Crippen LogP contribution in [0.25, 0.3) is 0 Å². The van der Waals surface area contributed by atoms with Crippen LogP contribution in [0.15, 0.2) is 23.1 Å². The van der Waals surface area contributed by atoms with Crippen LogP contribution in [0.3, 0.4) is 0 Å². The maximum absolute atomic E-state index is 12.8. The second-order valence-corrected chi connectivity index (χ2v) is 8.28. The van der Waals surface area contributed by atoms with Crippen LogP contribution in [0.4, 0.5) is 0 Å². The van der Waals surface area contributed by atoms with Crippen molar-refractivity contribution < 1.29 is 8.42 Å². The van der Waals surface area contributed by atoms with E-state index in [0.717, 1.165) is 24.0 Å². The van der Waals surface area contributed by atoms with E-state index >= 15 is 0 Å². The van der Waals surface area contributed by atoms with Crippen LogP contribution >= 0.6 is 11.6 Å². The normalized spacial score (nSPS) is 20.3. The summed E-state index contributed by atoms with van der Waals surface area (Å²) in [6.07, 6.45) is 1.81. The number of rotatable bonds is 5. The van der Waals surface area contributed by atoms with Crippen LogP contribution in [0.5, 0.6) is 0 Å². The maximum Gasteiger partial charge on any atom is 0.243 e. The second-order valence-electron chi connectivity index (χ2n) is 6.07. The first-order chi connectivity index (χ1) is 9.90. The van der Waals surface area contributed by atoms with Crippen molar-refractivity contribution in [1.29, 1.82) is 0 Å². The lowest BCUT2D eigenvalue weighted by Crippen LogP contribution is -2.29. The molecule has 0 radical (unpaired) electrons. The van der Waals surface area contributed by atoms with Crippen LogP contribution in [0.1, 0.15) is 38.3 Å². The van der Waals surface area contributed by atoms with Gasteiger partial charge in [0.1, 0.15) is 0 Å². The molecule has 1 heterocycles. The van der Waals surface area contributed by atoms with Gasteiger partial charge >= 0.3 is 0 Å². The van der Waals surface area contributed by atoms with Gasteiger partial charge in [-0.25, -0.2) is 8.42 Å². The fourth-order valence-corrected chi connectivity index (χ4v) is 4.71. The summed E-state index contributed by atoms with van der Waals surface area (Å²) >= 11 is 5.95. The van der Waals surface area contributed by atoms with Crippen molar-refractivity contribution in [2.24, 2.45) is 11.8 Å². The predicted molar refractivity (Wildman–Crippen MR) is 87.1 cm³/mol. The number of halogens is 1. The summed E-state index contributed by atoms with van der Waals surface area (Å²) in [6.45, 7) is 7.61. The lowest BCUT2D eigenvalue weighted by atomic mass is 9.96. The number of hydrogen-bond acceptors (Lipinski definition) is 2. The van der Waals surface area contributed by atoms with E-state index in [9.17, 15) is 8.42 Å². The summed E-state index contributed by atoms with van der Waals surface area (Å²) in [5, 5.41) is 0. The standard InChI is InChI=1S/C16H24ClNO2S/c1-4-13-5-6-16(9-15(13)10-17)21(19,20)18-8-7-14(11-18)12(2)3/h5-6,9,12,14H,4,7-8,10-11H2,1-3H3.